The van der Waals surface area contributed by atoms with Crippen LogP contribution in [0.25, 0.3) is 167 Å². The van der Waals surface area contributed by atoms with E-state index in [1.807, 2.05) is 0 Å². The van der Waals surface area contributed by atoms with E-state index in [1.165, 1.54) is 117 Å². The third-order valence-electron chi connectivity index (χ3n) is 20.6. The van der Waals surface area contributed by atoms with Crippen molar-refractivity contribution in [2.75, 3.05) is 0 Å². The average Bonchev–Trinajstić information content (AvgIpc) is 1.27. The van der Waals surface area contributed by atoms with Crippen molar-refractivity contribution in [2.24, 2.45) is 14.1 Å². The van der Waals surface area contributed by atoms with Crippen LogP contribution < -0.4 is 13.7 Å². The molecule has 487 valence electrons. The van der Waals surface area contributed by atoms with Crippen LogP contribution in [0.3, 0.4) is 0 Å². The van der Waals surface area contributed by atoms with Gasteiger partial charge in [0.15, 0.2) is 25.1 Å². The molecule has 4 heterocycles. The maximum Gasteiger partial charge on any atom is 0.213 e. The van der Waals surface area contributed by atoms with Crippen LogP contribution in [0.2, 0.25) is 0 Å². The summed E-state index contributed by atoms with van der Waals surface area (Å²) >= 11 is 0. The molecule has 1 radical (unpaired) electrons. The molecule has 4 heteroatoms. The Labute approximate surface area is 612 Å². The summed E-state index contributed by atoms with van der Waals surface area (Å²) in [6.07, 6.45) is 6.51. The molecule has 0 N–H and O–H groups in total. The van der Waals surface area contributed by atoms with Crippen LogP contribution in [0.5, 0.6) is 0 Å². The second-order valence-corrected chi connectivity index (χ2v) is 26.9. The van der Waals surface area contributed by atoms with E-state index in [9.17, 15) is 0 Å². The monoisotopic (exact) mass is 1490 g/mol. The average molecular weight is 1490 g/mol. The van der Waals surface area contributed by atoms with Gasteiger partial charge >= 0.3 is 0 Å². The predicted octanol–water partition coefficient (Wildman–Crippen LogP) is 23.6. The number of hydrogen-bond donors (Lipinski definition) is 0. The van der Waals surface area contributed by atoms with E-state index in [0.717, 1.165) is 73.6 Å². The number of hydrogen-bond acceptors (Lipinski definition) is 0. The van der Waals surface area contributed by atoms with Crippen molar-refractivity contribution in [1.82, 2.24) is 0 Å². The fourth-order valence-electron chi connectivity index (χ4n) is 15.5. The largest absolute Gasteiger partial charge is 0.213 e. The summed E-state index contributed by atoms with van der Waals surface area (Å²) in [5.41, 5.74) is 38.8. The standard InChI is InChI=1S/C98H74N3.Ir/c1-66-53-93(89(62-87(66)96-47-20-23-50-99(96)3)74-38-26-35-71(55-74)68-29-8-5-9-30-68)84-44-17-14-41-81(84)77-58-78(82-42-15-18-45-85(82)94-54-67(2)88(97-48-21-24-51-100(97)4)63-90(94)75-39-27-36-72(56-75)69-31-10-6-11-32-69)60-79(59-77)83-43-16-19-46-86(83)95-61-80-65-101-52-25-22-49-98(101)92(80)64-91(95)76-40-28-37-73(57-76)70-33-12-7-13-34-70;/h5-64H,65H2,1-4H3;/q+3;. The quantitative estimate of drug-likeness (QED) is 0.0962. The fraction of sp³-hybridized carbons (Fsp3) is 0.0510. The van der Waals surface area contributed by atoms with Crippen molar-refractivity contribution in [2.45, 2.75) is 20.4 Å². The van der Waals surface area contributed by atoms with Gasteiger partial charge in [-0.2, -0.15) is 4.57 Å². The number of pyridine rings is 3. The van der Waals surface area contributed by atoms with E-state index in [-0.39, 0.29) is 20.1 Å². The van der Waals surface area contributed by atoms with Crippen molar-refractivity contribution in [1.29, 1.82) is 0 Å². The van der Waals surface area contributed by atoms with Gasteiger partial charge in [-0.3, -0.25) is 0 Å². The molecule has 0 aliphatic carbocycles. The molecular formula is C98H74IrN3+3. The second kappa shape index (κ2) is 27.9. The molecule has 0 unspecified atom stereocenters. The first-order valence-electron chi connectivity index (χ1n) is 35.0. The summed E-state index contributed by atoms with van der Waals surface area (Å²) in [6.45, 7) is 5.34. The summed E-state index contributed by atoms with van der Waals surface area (Å²) in [7, 11) is 4.29. The van der Waals surface area contributed by atoms with Crippen LogP contribution >= 0.6 is 0 Å². The Morgan fingerprint density at radius 3 is 0.873 bits per heavy atom. The Balaban J connectivity index is 0.00000805. The van der Waals surface area contributed by atoms with Gasteiger partial charge in [0.25, 0.3) is 0 Å². The van der Waals surface area contributed by atoms with Crippen molar-refractivity contribution in [3.8, 4) is 167 Å². The second-order valence-electron chi connectivity index (χ2n) is 26.9. The zero-order chi connectivity index (χ0) is 67.9. The smallest absolute Gasteiger partial charge is 0.201 e. The van der Waals surface area contributed by atoms with Gasteiger partial charge in [0.05, 0.1) is 5.56 Å². The summed E-state index contributed by atoms with van der Waals surface area (Å²) in [4.78, 5) is 0. The minimum absolute atomic E-state index is 0. The third-order valence-corrected chi connectivity index (χ3v) is 20.6. The Hall–Kier alpha value is -12.0. The Morgan fingerprint density at radius 2 is 0.490 bits per heavy atom. The van der Waals surface area contributed by atoms with Crippen LogP contribution in [-0.2, 0) is 40.7 Å². The van der Waals surface area contributed by atoms with Crippen molar-refractivity contribution < 1.29 is 33.8 Å². The predicted molar refractivity (Wildman–Crippen MR) is 419 cm³/mol. The van der Waals surface area contributed by atoms with E-state index in [1.54, 1.807) is 0 Å². The molecule has 13 aromatic carbocycles. The molecule has 0 fully saturated rings. The minimum atomic E-state index is 0. The Bertz CT molecular complexity index is 5610. The first-order chi connectivity index (χ1) is 49.7. The van der Waals surface area contributed by atoms with Crippen molar-refractivity contribution in [3.05, 3.63) is 381 Å². The first kappa shape index (κ1) is 64.6. The van der Waals surface area contributed by atoms with Crippen LogP contribution in [0, 0.1) is 13.8 Å². The normalized spacial score (nSPS) is 11.4. The fourth-order valence-corrected chi connectivity index (χ4v) is 15.5. The number of nitrogens with zero attached hydrogens (tertiary/aromatic N) is 3. The molecule has 0 atom stereocenters. The van der Waals surface area contributed by atoms with Gasteiger partial charge in [0.2, 0.25) is 17.1 Å². The van der Waals surface area contributed by atoms with Gasteiger partial charge in [-0.25, -0.2) is 9.13 Å². The molecule has 17 rings (SSSR count). The van der Waals surface area contributed by atoms with Crippen LogP contribution in [-0.4, -0.2) is 0 Å². The molecular weight excluding hydrogens is 1410 g/mol. The van der Waals surface area contributed by atoms with Gasteiger partial charge in [-0.1, -0.05) is 218 Å². The van der Waals surface area contributed by atoms with E-state index < -0.39 is 0 Å². The molecule has 16 aromatic rings. The van der Waals surface area contributed by atoms with Crippen LogP contribution in [0.4, 0.5) is 0 Å². The van der Waals surface area contributed by atoms with Gasteiger partial charge in [0.1, 0.15) is 14.1 Å². The van der Waals surface area contributed by atoms with Gasteiger partial charge in [0, 0.05) is 73.2 Å². The number of fused-ring (bicyclic) bond motifs is 3. The van der Waals surface area contributed by atoms with Crippen molar-refractivity contribution in [3.63, 3.8) is 0 Å². The van der Waals surface area contributed by atoms with Gasteiger partial charge in [-0.05, 0) is 249 Å². The number of aromatic nitrogens is 3. The maximum absolute atomic E-state index is 2.49. The summed E-state index contributed by atoms with van der Waals surface area (Å²) in [6, 6.07) is 129. The summed E-state index contributed by atoms with van der Waals surface area (Å²) < 4.78 is 6.86. The number of aryl methyl sites for hydroxylation is 4. The van der Waals surface area contributed by atoms with Crippen molar-refractivity contribution >= 4 is 0 Å². The molecule has 1 aliphatic heterocycles. The van der Waals surface area contributed by atoms with E-state index in [0.29, 0.717) is 0 Å². The maximum atomic E-state index is 2.49. The third kappa shape index (κ3) is 12.4. The van der Waals surface area contributed by atoms with Gasteiger partial charge < -0.3 is 0 Å². The molecule has 0 saturated carbocycles. The Kier molecular flexibility index (Phi) is 17.7. The van der Waals surface area contributed by atoms with Crippen LogP contribution in [0.1, 0.15) is 16.7 Å². The zero-order valence-corrected chi connectivity index (χ0v) is 59.9. The first-order valence-corrected chi connectivity index (χ1v) is 35.0. The van der Waals surface area contributed by atoms with E-state index in [2.05, 4.69) is 406 Å². The summed E-state index contributed by atoms with van der Waals surface area (Å²) in [5.74, 6) is 0. The number of benzene rings is 13. The zero-order valence-electron chi connectivity index (χ0n) is 57.5. The number of rotatable bonds is 14. The molecule has 3 aromatic heterocycles. The topological polar surface area (TPSA) is 11.6 Å². The van der Waals surface area contributed by atoms with E-state index >= 15 is 0 Å². The van der Waals surface area contributed by atoms with Crippen LogP contribution in [0.15, 0.2) is 364 Å². The summed E-state index contributed by atoms with van der Waals surface area (Å²) in [5, 5.41) is 0. The molecule has 102 heavy (non-hydrogen) atoms. The Morgan fingerprint density at radius 1 is 0.196 bits per heavy atom. The SMILES string of the molecule is Cc1cc(-c2ccccc2-c2cc(-c3ccccc3-c3cc(C)c(-c4cccc[n+]4C)cc3-c3cccc(-c4ccccc4)c3)cc(-c3ccccc3-c3cc4c(cc3-c3cccc(-c5ccccc5)c3)-c3cccc[n+]3C4)c2)c(-c2cccc(-c3ccccc3)c2)cc1-c1cccc[n+]1C.[Ir]. The molecule has 0 amide bonds. The molecule has 1 aliphatic rings. The van der Waals surface area contributed by atoms with E-state index in [4.69, 9.17) is 0 Å². The molecule has 0 spiro atoms. The molecule has 3 nitrogen and oxygen atoms in total. The van der Waals surface area contributed by atoms with Gasteiger partial charge in [-0.15, -0.1) is 0 Å². The minimum Gasteiger partial charge on any atom is -0.201 e. The molecule has 0 bridgehead atoms. The molecule has 0 saturated heterocycles.